The van der Waals surface area contributed by atoms with E-state index in [4.69, 9.17) is 9.47 Å². The van der Waals surface area contributed by atoms with Crippen LogP contribution < -0.4 is 20.1 Å². The first-order chi connectivity index (χ1) is 25.1. The van der Waals surface area contributed by atoms with Crippen LogP contribution in [0.3, 0.4) is 0 Å². The normalized spacial score (nSPS) is 15.9. The van der Waals surface area contributed by atoms with Crippen molar-refractivity contribution in [1.82, 2.24) is 20.4 Å². The molecule has 0 saturated carbocycles. The number of nitrogens with one attached hydrogen (secondary N) is 2. The van der Waals surface area contributed by atoms with E-state index in [9.17, 15) is 45.5 Å². The predicted molar refractivity (Wildman–Crippen MR) is 181 cm³/mol. The van der Waals surface area contributed by atoms with Crippen LogP contribution in [0.1, 0.15) is 80.5 Å². The average Bonchev–Trinajstić information content (AvgIpc) is 3.14. The molecule has 0 unspecified atom stereocenters. The van der Waals surface area contributed by atoms with Crippen LogP contribution >= 0.6 is 0 Å². The van der Waals surface area contributed by atoms with Crippen LogP contribution in [-0.4, -0.2) is 73.3 Å². The van der Waals surface area contributed by atoms with E-state index >= 15 is 0 Å². The largest absolute Gasteiger partial charge is 0.497 e. The number of likely N-dealkylation sites (tertiary alicyclic amines) is 2. The Bertz CT molecular complexity index is 1580. The van der Waals surface area contributed by atoms with Crippen LogP contribution in [0.4, 0.5) is 26.3 Å². The molecule has 0 spiro atoms. The summed E-state index contributed by atoms with van der Waals surface area (Å²) in [6.45, 7) is 2.68. The van der Waals surface area contributed by atoms with Gasteiger partial charge in [-0.2, -0.15) is 26.3 Å². The van der Waals surface area contributed by atoms with Crippen LogP contribution in [-0.2, 0) is 44.6 Å². The van der Waals surface area contributed by atoms with Crippen molar-refractivity contribution in [2.75, 3.05) is 39.9 Å². The molecule has 4 rings (SSSR count). The number of piperidine rings is 2. The lowest BCUT2D eigenvalue weighted by Gasteiger charge is -2.31. The molecule has 10 nitrogen and oxygen atoms in total. The molecule has 2 N–H and O–H groups in total. The quantitative estimate of drug-likeness (QED) is 0.178. The standard InChI is InChI=1S/C37H46F6N4O6/c1-3-5-32(48)46-15-11-24(12-16-46)34(50)45-23-27-8-10-29(21-31(27)37(41,42)43)53-19-4-6-33(49)47-17-13-25(14-18-47)35(51)44-22-26-7-9-28(52-2)20-30(26)36(38,39)40/h7-10,20-21,24-25H,3-6,11-19,22-23H2,1-2H3,(H,44,51)(H,45,50). The van der Waals surface area contributed by atoms with E-state index in [1.54, 1.807) is 9.80 Å². The second kappa shape index (κ2) is 18.5. The van der Waals surface area contributed by atoms with E-state index in [1.807, 2.05) is 6.92 Å². The fraction of sp³-hybridized carbons (Fsp3) is 0.568. The molecule has 2 aliphatic rings. The van der Waals surface area contributed by atoms with E-state index in [-0.39, 0.29) is 91.9 Å². The lowest BCUT2D eigenvalue weighted by atomic mass is 9.95. The summed E-state index contributed by atoms with van der Waals surface area (Å²) in [5.74, 6) is -1.78. The number of carbonyl (C=O) groups excluding carboxylic acids is 4. The Balaban J connectivity index is 1.18. The summed E-state index contributed by atoms with van der Waals surface area (Å²) in [6, 6.07) is 7.02. The lowest BCUT2D eigenvalue weighted by molar-refractivity contribution is -0.139. The summed E-state index contributed by atoms with van der Waals surface area (Å²) < 4.78 is 92.7. The third-order valence-corrected chi connectivity index (χ3v) is 9.62. The highest BCUT2D eigenvalue weighted by Crippen LogP contribution is 2.36. The van der Waals surface area contributed by atoms with Crippen molar-refractivity contribution in [3.05, 3.63) is 58.7 Å². The van der Waals surface area contributed by atoms with Gasteiger partial charge in [0.2, 0.25) is 23.6 Å². The number of ether oxygens (including phenoxy) is 2. The second-order valence-electron chi connectivity index (χ2n) is 13.3. The Hall–Kier alpha value is -4.50. The van der Waals surface area contributed by atoms with Crippen molar-refractivity contribution in [3.63, 3.8) is 0 Å². The molecule has 16 heteroatoms. The number of rotatable bonds is 14. The highest BCUT2D eigenvalue weighted by atomic mass is 19.4. The zero-order valence-corrected chi connectivity index (χ0v) is 29.8. The summed E-state index contributed by atoms with van der Waals surface area (Å²) in [7, 11) is 1.26. The van der Waals surface area contributed by atoms with Crippen LogP contribution in [0.25, 0.3) is 0 Å². The molecule has 0 aliphatic carbocycles. The first kappa shape index (κ1) is 41.3. The summed E-state index contributed by atoms with van der Waals surface area (Å²) in [5, 5.41) is 5.18. The summed E-state index contributed by atoms with van der Waals surface area (Å²) >= 11 is 0. The minimum atomic E-state index is -4.70. The number of nitrogens with zero attached hydrogens (tertiary/aromatic N) is 2. The molecule has 292 valence electrons. The van der Waals surface area contributed by atoms with Gasteiger partial charge in [-0.25, -0.2) is 0 Å². The number of hydrogen-bond acceptors (Lipinski definition) is 6. The molecular weight excluding hydrogens is 710 g/mol. The molecule has 0 radical (unpaired) electrons. The molecule has 2 heterocycles. The maximum atomic E-state index is 13.9. The zero-order valence-electron chi connectivity index (χ0n) is 29.8. The summed E-state index contributed by atoms with van der Waals surface area (Å²) in [4.78, 5) is 53.6. The number of alkyl halides is 6. The van der Waals surface area contributed by atoms with Gasteiger partial charge in [0.05, 0.1) is 24.8 Å². The van der Waals surface area contributed by atoms with Crippen molar-refractivity contribution in [2.45, 2.75) is 83.7 Å². The van der Waals surface area contributed by atoms with Gasteiger partial charge in [-0.1, -0.05) is 19.1 Å². The van der Waals surface area contributed by atoms with Gasteiger partial charge in [0.1, 0.15) is 11.5 Å². The number of amides is 4. The van der Waals surface area contributed by atoms with Gasteiger partial charge in [0.25, 0.3) is 0 Å². The van der Waals surface area contributed by atoms with Crippen molar-refractivity contribution in [2.24, 2.45) is 11.8 Å². The van der Waals surface area contributed by atoms with Crippen LogP contribution in [0, 0.1) is 11.8 Å². The van der Waals surface area contributed by atoms with E-state index in [0.29, 0.717) is 45.2 Å². The number of benzene rings is 2. The monoisotopic (exact) mass is 756 g/mol. The fourth-order valence-corrected chi connectivity index (χ4v) is 6.54. The van der Waals surface area contributed by atoms with Crippen LogP contribution in [0.2, 0.25) is 0 Å². The SMILES string of the molecule is CCCC(=O)N1CCC(C(=O)NCc2ccc(OCCCC(=O)N3CCC(C(=O)NCc4ccc(OC)cc4C(F)(F)F)CC3)cc2C(F)(F)F)CC1. The third-order valence-electron chi connectivity index (χ3n) is 9.62. The number of methoxy groups -OCH3 is 1. The maximum absolute atomic E-state index is 13.9. The summed E-state index contributed by atoms with van der Waals surface area (Å²) in [5.41, 5.74) is -2.05. The Morgan fingerprint density at radius 1 is 0.698 bits per heavy atom. The fourth-order valence-electron chi connectivity index (χ4n) is 6.54. The zero-order chi connectivity index (χ0) is 38.8. The van der Waals surface area contributed by atoms with Crippen LogP contribution in [0.5, 0.6) is 11.5 Å². The van der Waals surface area contributed by atoms with Crippen molar-refractivity contribution in [1.29, 1.82) is 0 Å². The second-order valence-corrected chi connectivity index (χ2v) is 13.3. The molecule has 2 saturated heterocycles. The molecule has 0 bridgehead atoms. The van der Waals surface area contributed by atoms with E-state index in [1.165, 1.54) is 31.4 Å². The first-order valence-corrected chi connectivity index (χ1v) is 17.8. The van der Waals surface area contributed by atoms with Crippen molar-refractivity contribution in [3.8, 4) is 11.5 Å². The van der Waals surface area contributed by atoms with Gasteiger partial charge >= 0.3 is 12.4 Å². The van der Waals surface area contributed by atoms with Gasteiger partial charge < -0.3 is 29.9 Å². The highest BCUT2D eigenvalue weighted by Gasteiger charge is 2.36. The third kappa shape index (κ3) is 11.7. The predicted octanol–water partition coefficient (Wildman–Crippen LogP) is 6.10. The van der Waals surface area contributed by atoms with E-state index < -0.39 is 35.3 Å². The first-order valence-electron chi connectivity index (χ1n) is 17.8. The molecule has 0 atom stereocenters. The van der Waals surface area contributed by atoms with Gasteiger partial charge in [-0.15, -0.1) is 0 Å². The molecule has 4 amide bonds. The molecule has 0 aromatic heterocycles. The molecule has 2 fully saturated rings. The van der Waals surface area contributed by atoms with Crippen LogP contribution in [0.15, 0.2) is 36.4 Å². The minimum Gasteiger partial charge on any atom is -0.497 e. The Kier molecular flexibility index (Phi) is 14.4. The number of hydrogen-bond donors (Lipinski definition) is 2. The van der Waals surface area contributed by atoms with Gasteiger partial charge in [-0.3, -0.25) is 19.2 Å². The highest BCUT2D eigenvalue weighted by molar-refractivity contribution is 5.81. The van der Waals surface area contributed by atoms with Gasteiger partial charge in [0, 0.05) is 63.9 Å². The Labute approximate surface area is 304 Å². The number of halogens is 6. The number of carbonyl (C=O) groups is 4. The van der Waals surface area contributed by atoms with Crippen molar-refractivity contribution >= 4 is 23.6 Å². The Morgan fingerprint density at radius 3 is 1.57 bits per heavy atom. The minimum absolute atomic E-state index is 0.0251. The molecule has 2 aromatic rings. The molecular formula is C37H46F6N4O6. The average molecular weight is 757 g/mol. The summed E-state index contributed by atoms with van der Waals surface area (Å²) in [6.07, 6.45) is -6.32. The topological polar surface area (TPSA) is 117 Å². The maximum Gasteiger partial charge on any atom is 0.416 e. The van der Waals surface area contributed by atoms with Crippen molar-refractivity contribution < 1.29 is 55.0 Å². The molecule has 53 heavy (non-hydrogen) atoms. The lowest BCUT2D eigenvalue weighted by Crippen LogP contribution is -2.43. The smallest absolute Gasteiger partial charge is 0.416 e. The van der Waals surface area contributed by atoms with Gasteiger partial charge in [-0.05, 0) is 73.9 Å². The van der Waals surface area contributed by atoms with Gasteiger partial charge in [0.15, 0.2) is 0 Å². The molecule has 2 aliphatic heterocycles. The Morgan fingerprint density at radius 2 is 1.13 bits per heavy atom. The van der Waals surface area contributed by atoms with E-state index in [0.717, 1.165) is 18.6 Å². The van der Waals surface area contributed by atoms with E-state index in [2.05, 4.69) is 10.6 Å². The molecule has 2 aromatic carbocycles.